The minimum Gasteiger partial charge on any atom is -0.322 e. The number of carbonyl (C=O) groups is 1. The SMILES string of the molecule is Cc1ccc(C(=O)Nc2cccc(Br)c2)cc1S(=O)(=O)N1CCCCC1. The van der Waals surface area contributed by atoms with Crippen LogP contribution in [0.3, 0.4) is 0 Å². The van der Waals surface area contributed by atoms with Crippen LogP contribution in [-0.4, -0.2) is 31.7 Å². The minimum atomic E-state index is -3.58. The van der Waals surface area contributed by atoms with Gasteiger partial charge in [-0.15, -0.1) is 0 Å². The number of aryl methyl sites for hydroxylation is 1. The number of anilines is 1. The van der Waals surface area contributed by atoms with Gasteiger partial charge in [-0.2, -0.15) is 4.31 Å². The number of carbonyl (C=O) groups excluding carboxylic acids is 1. The Morgan fingerprint density at radius 2 is 1.81 bits per heavy atom. The molecule has 2 aromatic carbocycles. The fraction of sp³-hybridized carbons (Fsp3) is 0.316. The molecule has 138 valence electrons. The smallest absolute Gasteiger partial charge is 0.255 e. The Hall–Kier alpha value is -1.70. The normalized spacial score (nSPS) is 15.6. The molecule has 0 aromatic heterocycles. The molecule has 1 fully saturated rings. The quantitative estimate of drug-likeness (QED) is 0.781. The van der Waals surface area contributed by atoms with Crippen LogP contribution in [0, 0.1) is 6.92 Å². The first kappa shape index (κ1) is 19.1. The lowest BCUT2D eigenvalue weighted by atomic mass is 10.1. The molecule has 26 heavy (non-hydrogen) atoms. The second-order valence-electron chi connectivity index (χ2n) is 6.41. The molecule has 5 nitrogen and oxygen atoms in total. The summed E-state index contributed by atoms with van der Waals surface area (Å²) in [4.78, 5) is 12.8. The molecule has 1 saturated heterocycles. The average Bonchev–Trinajstić information content (AvgIpc) is 2.62. The number of piperidine rings is 1. The van der Waals surface area contributed by atoms with E-state index in [2.05, 4.69) is 21.2 Å². The van der Waals surface area contributed by atoms with Gasteiger partial charge >= 0.3 is 0 Å². The van der Waals surface area contributed by atoms with Crippen molar-refractivity contribution in [3.63, 3.8) is 0 Å². The van der Waals surface area contributed by atoms with Crippen LogP contribution in [0.1, 0.15) is 35.2 Å². The molecular formula is C19H21BrN2O3S. The van der Waals surface area contributed by atoms with Crippen LogP contribution >= 0.6 is 15.9 Å². The third-order valence-electron chi connectivity index (χ3n) is 4.47. The number of hydrogen-bond acceptors (Lipinski definition) is 3. The molecule has 2 aromatic rings. The first-order valence-electron chi connectivity index (χ1n) is 8.55. The molecule has 0 bridgehead atoms. The van der Waals surface area contributed by atoms with Crippen LogP contribution in [0.4, 0.5) is 5.69 Å². The van der Waals surface area contributed by atoms with Gasteiger partial charge in [-0.1, -0.05) is 34.5 Å². The highest BCUT2D eigenvalue weighted by atomic mass is 79.9. The van der Waals surface area contributed by atoms with Crippen LogP contribution in [0.5, 0.6) is 0 Å². The highest BCUT2D eigenvalue weighted by Crippen LogP contribution is 2.25. The highest BCUT2D eigenvalue weighted by molar-refractivity contribution is 9.10. The average molecular weight is 437 g/mol. The van der Waals surface area contributed by atoms with Crippen molar-refractivity contribution in [2.24, 2.45) is 0 Å². The summed E-state index contributed by atoms with van der Waals surface area (Å²) in [6.07, 6.45) is 2.81. The van der Waals surface area contributed by atoms with E-state index in [1.54, 1.807) is 31.2 Å². The Labute approximate surface area is 162 Å². The maximum absolute atomic E-state index is 13.0. The van der Waals surface area contributed by atoms with Crippen molar-refractivity contribution in [2.75, 3.05) is 18.4 Å². The summed E-state index contributed by atoms with van der Waals surface area (Å²) in [6.45, 7) is 2.83. The molecule has 0 aliphatic carbocycles. The third kappa shape index (κ3) is 4.16. The van der Waals surface area contributed by atoms with E-state index >= 15 is 0 Å². The summed E-state index contributed by atoms with van der Waals surface area (Å²) in [5.41, 5.74) is 1.62. The molecule has 1 N–H and O–H groups in total. The van der Waals surface area contributed by atoms with E-state index in [0.717, 1.165) is 23.7 Å². The lowest BCUT2D eigenvalue weighted by molar-refractivity contribution is 0.102. The molecule has 1 aliphatic heterocycles. The number of rotatable bonds is 4. The van der Waals surface area contributed by atoms with E-state index in [-0.39, 0.29) is 10.8 Å². The van der Waals surface area contributed by atoms with Crippen molar-refractivity contribution in [1.82, 2.24) is 4.31 Å². The lowest BCUT2D eigenvalue weighted by Crippen LogP contribution is -2.36. The van der Waals surface area contributed by atoms with Gasteiger partial charge in [0, 0.05) is 28.8 Å². The summed E-state index contributed by atoms with van der Waals surface area (Å²) in [6, 6.07) is 12.1. The van der Waals surface area contributed by atoms with Crippen LogP contribution in [0.25, 0.3) is 0 Å². The third-order valence-corrected chi connectivity index (χ3v) is 7.00. The highest BCUT2D eigenvalue weighted by Gasteiger charge is 2.28. The molecule has 0 unspecified atom stereocenters. The van der Waals surface area contributed by atoms with Gasteiger partial charge in [0.1, 0.15) is 0 Å². The molecule has 1 aliphatic rings. The first-order valence-corrected chi connectivity index (χ1v) is 10.8. The zero-order valence-electron chi connectivity index (χ0n) is 14.5. The molecule has 0 radical (unpaired) electrons. The van der Waals surface area contributed by atoms with Gasteiger partial charge in [-0.05, 0) is 55.7 Å². The van der Waals surface area contributed by atoms with Gasteiger partial charge in [-0.3, -0.25) is 4.79 Å². The summed E-state index contributed by atoms with van der Waals surface area (Å²) in [5.74, 6) is -0.335. The van der Waals surface area contributed by atoms with Crippen molar-refractivity contribution >= 4 is 37.5 Å². The lowest BCUT2D eigenvalue weighted by Gasteiger charge is -2.26. The van der Waals surface area contributed by atoms with Crippen molar-refractivity contribution in [3.8, 4) is 0 Å². The monoisotopic (exact) mass is 436 g/mol. The van der Waals surface area contributed by atoms with Crippen molar-refractivity contribution in [1.29, 1.82) is 0 Å². The Morgan fingerprint density at radius 1 is 1.08 bits per heavy atom. The second-order valence-corrected chi connectivity index (χ2v) is 9.23. The second kappa shape index (κ2) is 7.90. The van der Waals surface area contributed by atoms with E-state index in [1.165, 1.54) is 10.4 Å². The van der Waals surface area contributed by atoms with Crippen LogP contribution in [-0.2, 0) is 10.0 Å². The molecule has 0 spiro atoms. The number of nitrogens with one attached hydrogen (secondary N) is 1. The molecular weight excluding hydrogens is 416 g/mol. The van der Waals surface area contributed by atoms with Gasteiger partial charge in [0.2, 0.25) is 10.0 Å². The standard InChI is InChI=1S/C19H21BrN2O3S/c1-14-8-9-15(19(23)21-17-7-5-6-16(20)13-17)12-18(14)26(24,25)22-10-3-2-4-11-22/h5-9,12-13H,2-4,10-11H2,1H3,(H,21,23). The fourth-order valence-electron chi connectivity index (χ4n) is 3.03. The molecule has 7 heteroatoms. The van der Waals surface area contributed by atoms with E-state index in [4.69, 9.17) is 0 Å². The van der Waals surface area contributed by atoms with Crippen LogP contribution in [0.15, 0.2) is 51.8 Å². The van der Waals surface area contributed by atoms with Gasteiger partial charge < -0.3 is 5.32 Å². The Bertz CT molecular complexity index is 922. The first-order chi connectivity index (χ1) is 12.4. The van der Waals surface area contributed by atoms with Crippen molar-refractivity contribution in [3.05, 3.63) is 58.1 Å². The zero-order chi connectivity index (χ0) is 18.7. The van der Waals surface area contributed by atoms with Crippen LogP contribution in [0.2, 0.25) is 0 Å². The summed E-state index contributed by atoms with van der Waals surface area (Å²) in [5, 5.41) is 2.80. The molecule has 1 heterocycles. The molecule has 3 rings (SSSR count). The maximum Gasteiger partial charge on any atom is 0.255 e. The number of sulfonamides is 1. The number of halogens is 1. The number of nitrogens with zero attached hydrogens (tertiary/aromatic N) is 1. The summed E-state index contributed by atoms with van der Waals surface area (Å²) < 4.78 is 28.3. The van der Waals surface area contributed by atoms with Gasteiger partial charge in [0.15, 0.2) is 0 Å². The number of benzene rings is 2. The van der Waals surface area contributed by atoms with Crippen LogP contribution < -0.4 is 5.32 Å². The zero-order valence-corrected chi connectivity index (χ0v) is 16.9. The molecule has 0 saturated carbocycles. The predicted octanol–water partition coefficient (Wildman–Crippen LogP) is 4.18. The van der Waals surface area contributed by atoms with E-state index in [1.807, 2.05) is 12.1 Å². The molecule has 0 atom stereocenters. The minimum absolute atomic E-state index is 0.210. The molecule has 1 amide bonds. The van der Waals surface area contributed by atoms with E-state index in [0.29, 0.717) is 29.9 Å². The number of amides is 1. The Balaban J connectivity index is 1.88. The van der Waals surface area contributed by atoms with E-state index in [9.17, 15) is 13.2 Å². The maximum atomic E-state index is 13.0. The van der Waals surface area contributed by atoms with Gasteiger partial charge in [0.05, 0.1) is 4.90 Å². The van der Waals surface area contributed by atoms with E-state index < -0.39 is 10.0 Å². The summed E-state index contributed by atoms with van der Waals surface area (Å²) >= 11 is 3.36. The number of hydrogen-bond donors (Lipinski definition) is 1. The Morgan fingerprint density at radius 3 is 2.50 bits per heavy atom. The van der Waals surface area contributed by atoms with Gasteiger partial charge in [0.25, 0.3) is 5.91 Å². The topological polar surface area (TPSA) is 66.5 Å². The summed E-state index contributed by atoms with van der Waals surface area (Å²) in [7, 11) is -3.58. The Kier molecular flexibility index (Phi) is 5.79. The van der Waals surface area contributed by atoms with Crippen molar-refractivity contribution in [2.45, 2.75) is 31.1 Å². The fourth-order valence-corrected chi connectivity index (χ4v) is 5.20. The van der Waals surface area contributed by atoms with Gasteiger partial charge in [-0.25, -0.2) is 8.42 Å². The van der Waals surface area contributed by atoms with Crippen molar-refractivity contribution < 1.29 is 13.2 Å². The predicted molar refractivity (Wildman–Crippen MR) is 106 cm³/mol. The largest absolute Gasteiger partial charge is 0.322 e.